The summed E-state index contributed by atoms with van der Waals surface area (Å²) in [4.78, 5) is 0. The van der Waals surface area contributed by atoms with Crippen molar-refractivity contribution in [3.8, 4) is 0 Å². The second-order valence-corrected chi connectivity index (χ2v) is 5.01. The van der Waals surface area contributed by atoms with Crippen molar-refractivity contribution in [1.29, 1.82) is 0 Å². The van der Waals surface area contributed by atoms with Gasteiger partial charge in [0.15, 0.2) is 0 Å². The maximum atomic E-state index is 5.71. The van der Waals surface area contributed by atoms with Crippen molar-refractivity contribution in [3.63, 3.8) is 0 Å². The Morgan fingerprint density at radius 3 is 2.80 bits per heavy atom. The zero-order valence-electron chi connectivity index (χ0n) is 9.76. The lowest BCUT2D eigenvalue weighted by atomic mass is 9.99. The minimum absolute atomic E-state index is 0.0915. The fourth-order valence-corrected chi connectivity index (χ4v) is 2.43. The third-order valence-electron chi connectivity index (χ3n) is 3.55. The molecule has 15 heavy (non-hydrogen) atoms. The lowest BCUT2D eigenvalue weighted by Crippen LogP contribution is -2.24. The molecule has 2 aliphatic rings. The van der Waals surface area contributed by atoms with E-state index >= 15 is 0 Å². The topological polar surface area (TPSA) is 18.5 Å². The van der Waals surface area contributed by atoms with Gasteiger partial charge in [-0.25, -0.2) is 0 Å². The van der Waals surface area contributed by atoms with Gasteiger partial charge in [0, 0.05) is 13.0 Å². The van der Waals surface area contributed by atoms with Gasteiger partial charge in [-0.2, -0.15) is 0 Å². The normalized spacial score (nSPS) is 30.9. The molecule has 0 amide bonds. The van der Waals surface area contributed by atoms with E-state index < -0.39 is 0 Å². The molecule has 2 rings (SSSR count). The minimum Gasteiger partial charge on any atom is -0.501 e. The van der Waals surface area contributed by atoms with Crippen LogP contribution in [0, 0.1) is 0 Å². The molecular weight excluding hydrogens is 188 g/mol. The van der Waals surface area contributed by atoms with Crippen LogP contribution in [0.25, 0.3) is 0 Å². The fourth-order valence-electron chi connectivity index (χ4n) is 2.43. The predicted molar refractivity (Wildman–Crippen MR) is 60.7 cm³/mol. The van der Waals surface area contributed by atoms with Crippen LogP contribution in [0.15, 0.2) is 11.8 Å². The highest BCUT2D eigenvalue weighted by atomic mass is 16.5. The Kier molecular flexibility index (Phi) is 3.68. The molecule has 0 bridgehead atoms. The summed E-state index contributed by atoms with van der Waals surface area (Å²) in [6.45, 7) is 3.93. The molecule has 86 valence electrons. The van der Waals surface area contributed by atoms with Gasteiger partial charge in [0.25, 0.3) is 0 Å². The summed E-state index contributed by atoms with van der Waals surface area (Å²) in [7, 11) is 0. The van der Waals surface area contributed by atoms with Crippen LogP contribution in [0.3, 0.4) is 0 Å². The lowest BCUT2D eigenvalue weighted by Gasteiger charge is -2.22. The fraction of sp³-hybridized carbons (Fsp3) is 0.846. The second kappa shape index (κ2) is 5.02. The van der Waals surface area contributed by atoms with Crippen LogP contribution >= 0.6 is 0 Å². The average Bonchev–Trinajstić information content (AvgIpc) is 2.84. The number of rotatable bonds is 4. The van der Waals surface area contributed by atoms with E-state index in [1.54, 1.807) is 0 Å². The third-order valence-corrected chi connectivity index (χ3v) is 3.55. The van der Waals surface area contributed by atoms with E-state index in [1.165, 1.54) is 44.1 Å². The molecule has 1 saturated heterocycles. The smallest absolute Gasteiger partial charge is 0.0900 e. The SMILES string of the molecule is CC1(CCOC=C2CCCC2)CCCO1. The quantitative estimate of drug-likeness (QED) is 0.523. The highest BCUT2D eigenvalue weighted by Gasteiger charge is 2.29. The molecule has 1 atom stereocenters. The van der Waals surface area contributed by atoms with E-state index in [1.807, 2.05) is 6.26 Å². The van der Waals surface area contributed by atoms with Gasteiger partial charge in [0.2, 0.25) is 0 Å². The highest BCUT2D eigenvalue weighted by molar-refractivity contribution is 5.02. The molecule has 0 aromatic rings. The van der Waals surface area contributed by atoms with Crippen LogP contribution in [0.2, 0.25) is 0 Å². The molecule has 0 aromatic carbocycles. The lowest BCUT2D eigenvalue weighted by molar-refractivity contribution is -0.000677. The van der Waals surface area contributed by atoms with Crippen molar-refractivity contribution >= 4 is 0 Å². The first-order valence-corrected chi connectivity index (χ1v) is 6.22. The van der Waals surface area contributed by atoms with Crippen molar-refractivity contribution in [2.45, 2.75) is 57.5 Å². The van der Waals surface area contributed by atoms with Crippen molar-refractivity contribution in [3.05, 3.63) is 11.8 Å². The monoisotopic (exact) mass is 210 g/mol. The predicted octanol–water partition coefficient (Wildman–Crippen LogP) is 3.42. The van der Waals surface area contributed by atoms with E-state index in [9.17, 15) is 0 Å². The van der Waals surface area contributed by atoms with E-state index in [-0.39, 0.29) is 5.60 Å². The molecule has 2 heteroatoms. The molecule has 1 heterocycles. The molecular formula is C13H22O2. The number of allylic oxidation sites excluding steroid dienone is 1. The van der Waals surface area contributed by atoms with Crippen LogP contribution < -0.4 is 0 Å². The zero-order chi connectivity index (χ0) is 10.6. The largest absolute Gasteiger partial charge is 0.501 e. The first-order chi connectivity index (χ1) is 7.29. The van der Waals surface area contributed by atoms with Crippen LogP contribution in [0.5, 0.6) is 0 Å². The minimum atomic E-state index is 0.0915. The summed E-state index contributed by atoms with van der Waals surface area (Å²) in [5.41, 5.74) is 1.58. The molecule has 1 aliphatic heterocycles. The van der Waals surface area contributed by atoms with Crippen LogP contribution in [-0.4, -0.2) is 18.8 Å². The van der Waals surface area contributed by atoms with Gasteiger partial charge in [0.1, 0.15) is 0 Å². The van der Waals surface area contributed by atoms with E-state index in [0.717, 1.165) is 19.6 Å². The second-order valence-electron chi connectivity index (χ2n) is 5.01. The summed E-state index contributed by atoms with van der Waals surface area (Å²) < 4.78 is 11.3. The molecule has 1 unspecified atom stereocenters. The van der Waals surface area contributed by atoms with Gasteiger partial charge in [-0.15, -0.1) is 0 Å². The Morgan fingerprint density at radius 2 is 2.13 bits per heavy atom. The average molecular weight is 210 g/mol. The van der Waals surface area contributed by atoms with Gasteiger partial charge in [-0.1, -0.05) is 0 Å². The maximum absolute atomic E-state index is 5.71. The summed E-state index contributed by atoms with van der Waals surface area (Å²) in [6.07, 6.45) is 10.6. The summed E-state index contributed by atoms with van der Waals surface area (Å²) in [5, 5.41) is 0. The van der Waals surface area contributed by atoms with Crippen LogP contribution in [0.4, 0.5) is 0 Å². The first-order valence-electron chi connectivity index (χ1n) is 6.22. The Hall–Kier alpha value is -0.500. The summed E-state index contributed by atoms with van der Waals surface area (Å²) in [6, 6.07) is 0. The van der Waals surface area contributed by atoms with E-state index in [2.05, 4.69) is 6.92 Å². The van der Waals surface area contributed by atoms with Crippen molar-refractivity contribution in [1.82, 2.24) is 0 Å². The number of ether oxygens (including phenoxy) is 2. The molecule has 2 nitrogen and oxygen atoms in total. The van der Waals surface area contributed by atoms with Gasteiger partial charge in [-0.05, 0) is 51.0 Å². The van der Waals surface area contributed by atoms with Crippen molar-refractivity contribution in [2.75, 3.05) is 13.2 Å². The van der Waals surface area contributed by atoms with Crippen LogP contribution in [0.1, 0.15) is 51.9 Å². The molecule has 0 spiro atoms. The maximum Gasteiger partial charge on any atom is 0.0900 e. The summed E-state index contributed by atoms with van der Waals surface area (Å²) in [5.74, 6) is 0. The molecule has 0 radical (unpaired) electrons. The summed E-state index contributed by atoms with van der Waals surface area (Å²) >= 11 is 0. The van der Waals surface area contributed by atoms with Crippen molar-refractivity contribution < 1.29 is 9.47 Å². The Bertz CT molecular complexity index is 219. The molecule has 1 aliphatic carbocycles. The van der Waals surface area contributed by atoms with E-state index in [0.29, 0.717) is 0 Å². The van der Waals surface area contributed by atoms with Gasteiger partial charge in [0.05, 0.1) is 18.5 Å². The van der Waals surface area contributed by atoms with Gasteiger partial charge >= 0.3 is 0 Å². The van der Waals surface area contributed by atoms with Crippen LogP contribution in [-0.2, 0) is 9.47 Å². The number of hydrogen-bond donors (Lipinski definition) is 0. The van der Waals surface area contributed by atoms with Gasteiger partial charge < -0.3 is 9.47 Å². The Morgan fingerprint density at radius 1 is 1.33 bits per heavy atom. The molecule has 0 aromatic heterocycles. The first kappa shape index (κ1) is 11.0. The molecule has 1 saturated carbocycles. The number of hydrogen-bond acceptors (Lipinski definition) is 2. The van der Waals surface area contributed by atoms with Crippen molar-refractivity contribution in [2.24, 2.45) is 0 Å². The third kappa shape index (κ3) is 3.23. The Balaban J connectivity index is 1.64. The van der Waals surface area contributed by atoms with E-state index in [4.69, 9.17) is 9.47 Å². The molecule has 2 fully saturated rings. The molecule has 0 N–H and O–H groups in total. The zero-order valence-corrected chi connectivity index (χ0v) is 9.76. The Labute approximate surface area is 92.6 Å². The standard InChI is InChI=1S/C13H22O2/c1-13(7-4-9-15-13)8-10-14-11-12-5-2-3-6-12/h11H,2-10H2,1H3. The van der Waals surface area contributed by atoms with Gasteiger partial charge in [-0.3, -0.25) is 0 Å². The highest BCUT2D eigenvalue weighted by Crippen LogP contribution is 2.28.